The van der Waals surface area contributed by atoms with E-state index >= 15 is 0 Å². The van der Waals surface area contributed by atoms with Crippen molar-refractivity contribution in [3.63, 3.8) is 0 Å². The van der Waals surface area contributed by atoms with E-state index in [0.29, 0.717) is 6.04 Å². The second-order valence-corrected chi connectivity index (χ2v) is 7.15. The Bertz CT molecular complexity index is 656. The highest BCUT2D eigenvalue weighted by atomic mass is 15.3. The summed E-state index contributed by atoms with van der Waals surface area (Å²) in [4.78, 5) is 6.97. The third kappa shape index (κ3) is 3.27. The van der Waals surface area contributed by atoms with Gasteiger partial charge in [-0.1, -0.05) is 12.1 Å². The second kappa shape index (κ2) is 6.00. The Hall–Kier alpha value is -1.81. The van der Waals surface area contributed by atoms with Gasteiger partial charge in [0.2, 0.25) is 0 Å². The number of likely N-dealkylation sites (tertiary alicyclic amines) is 1. The van der Waals surface area contributed by atoms with Crippen molar-refractivity contribution in [3.8, 4) is 0 Å². The number of aromatic nitrogens is 2. The van der Waals surface area contributed by atoms with Gasteiger partial charge < -0.3 is 9.88 Å². The molecule has 2 atom stereocenters. The standard InChI is InChI=1S/C19H26N4/c1-14-11-18(13-23(14)19-7-8-19)21-17-5-3-16(4-6-17)12-22-10-9-20-15(22)2/h3-6,9-10,14,18-19,21H,7-8,11-13H2,1-2H3/t14-,18-/m1/s1. The van der Waals surface area contributed by atoms with Gasteiger partial charge in [-0.05, 0) is 50.8 Å². The molecule has 0 spiro atoms. The Morgan fingerprint density at radius 2 is 2.00 bits per heavy atom. The van der Waals surface area contributed by atoms with E-state index in [2.05, 4.69) is 51.0 Å². The Labute approximate surface area is 138 Å². The van der Waals surface area contributed by atoms with E-state index in [4.69, 9.17) is 0 Å². The Morgan fingerprint density at radius 1 is 1.22 bits per heavy atom. The molecule has 1 aliphatic carbocycles. The van der Waals surface area contributed by atoms with Gasteiger partial charge >= 0.3 is 0 Å². The fourth-order valence-electron chi connectivity index (χ4n) is 3.79. The molecule has 4 rings (SSSR count). The van der Waals surface area contributed by atoms with Crippen LogP contribution in [-0.4, -0.2) is 39.1 Å². The summed E-state index contributed by atoms with van der Waals surface area (Å²) >= 11 is 0. The topological polar surface area (TPSA) is 33.1 Å². The number of benzene rings is 1. The van der Waals surface area contributed by atoms with Crippen molar-refractivity contribution in [3.05, 3.63) is 48.0 Å². The highest BCUT2D eigenvalue weighted by molar-refractivity contribution is 5.46. The van der Waals surface area contributed by atoms with Gasteiger partial charge in [-0.2, -0.15) is 0 Å². The summed E-state index contributed by atoms with van der Waals surface area (Å²) in [5.74, 6) is 1.06. The summed E-state index contributed by atoms with van der Waals surface area (Å²) < 4.78 is 2.18. The molecule has 1 saturated carbocycles. The molecule has 0 bridgehead atoms. The summed E-state index contributed by atoms with van der Waals surface area (Å²) in [5.41, 5.74) is 2.56. The van der Waals surface area contributed by atoms with E-state index in [1.165, 1.54) is 37.1 Å². The second-order valence-electron chi connectivity index (χ2n) is 7.15. The molecule has 1 aromatic carbocycles. The van der Waals surface area contributed by atoms with Gasteiger partial charge in [0.25, 0.3) is 0 Å². The molecule has 4 nitrogen and oxygen atoms in total. The van der Waals surface area contributed by atoms with Crippen LogP contribution >= 0.6 is 0 Å². The zero-order chi connectivity index (χ0) is 15.8. The van der Waals surface area contributed by atoms with Crippen molar-refractivity contribution in [1.29, 1.82) is 0 Å². The van der Waals surface area contributed by atoms with Crippen LogP contribution in [0, 0.1) is 6.92 Å². The molecule has 0 amide bonds. The maximum atomic E-state index is 4.28. The average Bonchev–Trinajstić information content (AvgIpc) is 3.21. The maximum absolute atomic E-state index is 4.28. The first kappa shape index (κ1) is 14.8. The first-order chi connectivity index (χ1) is 11.2. The lowest BCUT2D eigenvalue weighted by Crippen LogP contribution is -2.30. The molecule has 0 radical (unpaired) electrons. The van der Waals surface area contributed by atoms with E-state index in [-0.39, 0.29) is 0 Å². The molecule has 1 N–H and O–H groups in total. The minimum Gasteiger partial charge on any atom is -0.381 e. The number of hydrogen-bond donors (Lipinski definition) is 1. The largest absolute Gasteiger partial charge is 0.381 e. The van der Waals surface area contributed by atoms with Gasteiger partial charge in [0.1, 0.15) is 5.82 Å². The number of aryl methyl sites for hydroxylation is 1. The molecule has 2 heterocycles. The number of rotatable bonds is 5. The molecule has 2 aromatic rings. The van der Waals surface area contributed by atoms with Crippen LogP contribution in [0.5, 0.6) is 0 Å². The molecule has 1 aromatic heterocycles. The van der Waals surface area contributed by atoms with Crippen molar-refractivity contribution >= 4 is 5.69 Å². The van der Waals surface area contributed by atoms with Crippen LogP contribution in [0.4, 0.5) is 5.69 Å². The van der Waals surface area contributed by atoms with Crippen LogP contribution in [0.25, 0.3) is 0 Å². The summed E-state index contributed by atoms with van der Waals surface area (Å²) in [6.45, 7) is 6.50. The van der Waals surface area contributed by atoms with Crippen molar-refractivity contribution in [2.75, 3.05) is 11.9 Å². The summed E-state index contributed by atoms with van der Waals surface area (Å²) in [5, 5.41) is 3.72. The summed E-state index contributed by atoms with van der Waals surface area (Å²) in [6.07, 6.45) is 7.96. The van der Waals surface area contributed by atoms with Gasteiger partial charge in [-0.25, -0.2) is 4.98 Å². The molecule has 1 saturated heterocycles. The third-order valence-electron chi connectivity index (χ3n) is 5.24. The van der Waals surface area contributed by atoms with E-state index in [1.54, 1.807) is 0 Å². The van der Waals surface area contributed by atoms with E-state index in [9.17, 15) is 0 Å². The molecule has 4 heteroatoms. The molecule has 0 unspecified atom stereocenters. The summed E-state index contributed by atoms with van der Waals surface area (Å²) in [6, 6.07) is 11.1. The number of nitrogens with zero attached hydrogens (tertiary/aromatic N) is 3. The quantitative estimate of drug-likeness (QED) is 0.920. The first-order valence-electron chi connectivity index (χ1n) is 8.78. The minimum absolute atomic E-state index is 0.590. The molecular formula is C19H26N4. The number of imidazole rings is 1. The Morgan fingerprint density at radius 3 is 2.65 bits per heavy atom. The van der Waals surface area contributed by atoms with Crippen LogP contribution in [0.2, 0.25) is 0 Å². The smallest absolute Gasteiger partial charge is 0.105 e. The lowest BCUT2D eigenvalue weighted by molar-refractivity contribution is 0.257. The molecule has 2 aliphatic rings. The molecule has 2 fully saturated rings. The van der Waals surface area contributed by atoms with Crippen molar-refractivity contribution in [2.45, 2.75) is 57.8 Å². The van der Waals surface area contributed by atoms with Crippen LogP contribution in [0.3, 0.4) is 0 Å². The zero-order valence-electron chi connectivity index (χ0n) is 14.1. The first-order valence-corrected chi connectivity index (χ1v) is 8.78. The molecule has 23 heavy (non-hydrogen) atoms. The monoisotopic (exact) mass is 310 g/mol. The van der Waals surface area contributed by atoms with Crippen molar-refractivity contribution in [2.24, 2.45) is 0 Å². The van der Waals surface area contributed by atoms with Crippen LogP contribution in [0.15, 0.2) is 36.7 Å². The molecule has 1 aliphatic heterocycles. The van der Waals surface area contributed by atoms with Crippen LogP contribution in [0.1, 0.15) is 37.6 Å². The number of anilines is 1. The highest BCUT2D eigenvalue weighted by Gasteiger charge is 2.38. The van der Waals surface area contributed by atoms with Gasteiger partial charge in [0, 0.05) is 49.3 Å². The third-order valence-corrected chi connectivity index (χ3v) is 5.24. The number of hydrogen-bond acceptors (Lipinski definition) is 3. The predicted octanol–water partition coefficient (Wildman–Crippen LogP) is 3.28. The number of nitrogens with one attached hydrogen (secondary N) is 1. The van der Waals surface area contributed by atoms with Crippen LogP contribution < -0.4 is 5.32 Å². The van der Waals surface area contributed by atoms with Gasteiger partial charge in [0.15, 0.2) is 0 Å². The zero-order valence-corrected chi connectivity index (χ0v) is 14.1. The lowest BCUT2D eigenvalue weighted by atomic mass is 10.1. The fourth-order valence-corrected chi connectivity index (χ4v) is 3.79. The minimum atomic E-state index is 0.590. The average molecular weight is 310 g/mol. The van der Waals surface area contributed by atoms with E-state index < -0.39 is 0 Å². The van der Waals surface area contributed by atoms with Gasteiger partial charge in [0.05, 0.1) is 0 Å². The molecule has 122 valence electrons. The Balaban J connectivity index is 1.36. The SMILES string of the molecule is Cc1nccn1Cc1ccc(N[C@@H]2C[C@@H](C)N(C3CC3)C2)cc1. The predicted molar refractivity (Wildman–Crippen MR) is 93.7 cm³/mol. The summed E-state index contributed by atoms with van der Waals surface area (Å²) in [7, 11) is 0. The van der Waals surface area contributed by atoms with Gasteiger partial charge in [-0.15, -0.1) is 0 Å². The van der Waals surface area contributed by atoms with Crippen molar-refractivity contribution < 1.29 is 0 Å². The van der Waals surface area contributed by atoms with Gasteiger partial charge in [-0.3, -0.25) is 4.90 Å². The lowest BCUT2D eigenvalue weighted by Gasteiger charge is -2.20. The maximum Gasteiger partial charge on any atom is 0.105 e. The van der Waals surface area contributed by atoms with Crippen molar-refractivity contribution in [1.82, 2.24) is 14.5 Å². The fraction of sp³-hybridized carbons (Fsp3) is 0.526. The van der Waals surface area contributed by atoms with E-state index in [1.807, 2.05) is 19.3 Å². The molecular weight excluding hydrogens is 284 g/mol. The Kier molecular flexibility index (Phi) is 3.85. The van der Waals surface area contributed by atoms with E-state index in [0.717, 1.165) is 24.5 Å². The highest BCUT2D eigenvalue weighted by Crippen LogP contribution is 2.34. The normalized spacial score (nSPS) is 25.0. The van der Waals surface area contributed by atoms with Crippen LogP contribution in [-0.2, 0) is 6.54 Å².